The van der Waals surface area contributed by atoms with E-state index in [0.29, 0.717) is 84.0 Å². The zero-order valence-corrected chi connectivity index (χ0v) is 36.0. The fourth-order valence-electron chi connectivity index (χ4n) is 7.89. The van der Waals surface area contributed by atoms with E-state index in [2.05, 4.69) is 47.1 Å². The monoisotopic (exact) mass is 900 g/mol. The number of carbonyl (C=O) groups excluding carboxylic acids is 1. The number of likely N-dealkylation sites (N-methyl/N-ethyl adjacent to an activating group) is 1. The maximum atomic E-state index is 13.4. The second kappa shape index (κ2) is 24.6. The van der Waals surface area contributed by atoms with Gasteiger partial charge in [0.05, 0.1) is 29.4 Å². The molecular formula is C42H61BrClF3N6O5. The lowest BCUT2D eigenvalue weighted by molar-refractivity contribution is -0.126. The number of anilines is 1. The summed E-state index contributed by atoms with van der Waals surface area (Å²) >= 11 is 3.15. The molecule has 2 aromatic heterocycles. The van der Waals surface area contributed by atoms with Crippen LogP contribution in [0.15, 0.2) is 42.7 Å². The highest BCUT2D eigenvalue weighted by Crippen LogP contribution is 2.50. The molecule has 324 valence electrons. The average molecular weight is 902 g/mol. The van der Waals surface area contributed by atoms with Gasteiger partial charge in [0.25, 0.3) is 0 Å². The van der Waals surface area contributed by atoms with E-state index in [1.54, 1.807) is 4.90 Å². The molecule has 11 nitrogen and oxygen atoms in total. The van der Waals surface area contributed by atoms with Crippen molar-refractivity contribution in [1.29, 1.82) is 0 Å². The number of benzene rings is 1. The van der Waals surface area contributed by atoms with Crippen LogP contribution in [-0.4, -0.2) is 152 Å². The molecule has 8 rings (SSSR count). The van der Waals surface area contributed by atoms with Crippen molar-refractivity contribution >= 4 is 50.8 Å². The number of carbonyl (C=O) groups is 1. The summed E-state index contributed by atoms with van der Waals surface area (Å²) in [6.07, 6.45) is 7.64. The molecule has 5 aliphatic rings. The molecule has 7 heterocycles. The number of amides is 1. The number of fused-ring (bicyclic) bond motifs is 4. The maximum Gasteiger partial charge on any atom is 0.237 e. The van der Waals surface area contributed by atoms with E-state index in [1.807, 2.05) is 43.7 Å². The average Bonchev–Trinajstić information content (AvgIpc) is 4.04. The highest BCUT2D eigenvalue weighted by Gasteiger charge is 2.51. The van der Waals surface area contributed by atoms with E-state index in [-0.39, 0.29) is 24.9 Å². The summed E-state index contributed by atoms with van der Waals surface area (Å²) < 4.78 is 49.1. The Bertz CT molecular complexity index is 1670. The Kier molecular flexibility index (Phi) is 20.4. The Morgan fingerprint density at radius 1 is 0.897 bits per heavy atom. The molecule has 0 bridgehead atoms. The molecule has 58 heavy (non-hydrogen) atoms. The van der Waals surface area contributed by atoms with Crippen LogP contribution >= 0.6 is 28.3 Å². The lowest BCUT2D eigenvalue weighted by atomic mass is 9.74. The summed E-state index contributed by atoms with van der Waals surface area (Å²) in [6, 6.07) is 10.1. The van der Waals surface area contributed by atoms with Crippen LogP contribution < -0.4 is 15.0 Å². The second-order valence-electron chi connectivity index (χ2n) is 15.2. The normalized spacial score (nSPS) is 22.4. The molecule has 0 saturated carbocycles. The first-order valence-electron chi connectivity index (χ1n) is 20.4. The van der Waals surface area contributed by atoms with Gasteiger partial charge >= 0.3 is 0 Å². The van der Waals surface area contributed by atoms with Crippen LogP contribution in [0, 0.1) is 0 Å². The summed E-state index contributed by atoms with van der Waals surface area (Å²) in [6.45, 7) is 8.16. The third-order valence-electron chi connectivity index (χ3n) is 11.0. The van der Waals surface area contributed by atoms with Gasteiger partial charge in [0.2, 0.25) is 11.8 Å². The van der Waals surface area contributed by atoms with Crippen molar-refractivity contribution in [2.45, 2.75) is 75.3 Å². The van der Waals surface area contributed by atoms with Gasteiger partial charge < -0.3 is 39.7 Å². The van der Waals surface area contributed by atoms with E-state index >= 15 is 0 Å². The smallest absolute Gasteiger partial charge is 0.237 e. The number of likely N-dealkylation sites (tertiary alicyclic amines) is 2. The third kappa shape index (κ3) is 13.2. The lowest BCUT2D eigenvalue weighted by Crippen LogP contribution is -2.43. The van der Waals surface area contributed by atoms with Gasteiger partial charge in [0.1, 0.15) is 18.5 Å². The minimum absolute atomic E-state index is 0. The van der Waals surface area contributed by atoms with Crippen molar-refractivity contribution in [3.8, 4) is 17.0 Å². The minimum Gasteiger partial charge on any atom is -0.478 e. The van der Waals surface area contributed by atoms with Crippen molar-refractivity contribution in [3.63, 3.8) is 0 Å². The molecule has 4 saturated heterocycles. The predicted molar refractivity (Wildman–Crippen MR) is 229 cm³/mol. The van der Waals surface area contributed by atoms with Gasteiger partial charge in [-0.3, -0.25) is 9.78 Å². The van der Waals surface area contributed by atoms with Gasteiger partial charge in [-0.1, -0.05) is 22.0 Å². The number of halogens is 5. The van der Waals surface area contributed by atoms with Crippen molar-refractivity contribution in [1.82, 2.24) is 25.1 Å². The van der Waals surface area contributed by atoms with Crippen LogP contribution in [-0.2, 0) is 14.9 Å². The van der Waals surface area contributed by atoms with Gasteiger partial charge in [-0.25, -0.2) is 18.2 Å². The maximum absolute atomic E-state index is 13.4. The van der Waals surface area contributed by atoms with E-state index in [0.717, 1.165) is 90.6 Å². The van der Waals surface area contributed by atoms with Gasteiger partial charge in [-0.15, -0.1) is 12.4 Å². The Morgan fingerprint density at radius 2 is 1.57 bits per heavy atom. The highest BCUT2D eigenvalue weighted by molar-refractivity contribution is 9.09. The molecule has 3 aromatic rings. The third-order valence-corrected chi connectivity index (χ3v) is 11.6. The number of ether oxygens (including phenoxy) is 2. The Morgan fingerprint density at radius 3 is 2.09 bits per heavy atom. The van der Waals surface area contributed by atoms with E-state index in [4.69, 9.17) is 19.7 Å². The number of pyridine rings is 2. The number of hydrogen-bond acceptors (Lipinski definition) is 10. The fourth-order valence-corrected chi connectivity index (χ4v) is 8.14. The molecule has 5 aliphatic heterocycles. The molecule has 1 amide bonds. The predicted octanol–water partition coefficient (Wildman–Crippen LogP) is 6.05. The molecule has 0 radical (unpaired) electrons. The van der Waals surface area contributed by atoms with E-state index in [1.165, 1.54) is 0 Å². The van der Waals surface area contributed by atoms with Crippen molar-refractivity contribution < 1.29 is 37.7 Å². The fraction of sp³-hybridized carbons (Fsp3) is 0.643. The topological polar surface area (TPSA) is 124 Å². The number of nitrogens with one attached hydrogen (secondary N) is 1. The minimum atomic E-state index is -0.685. The van der Waals surface area contributed by atoms with Gasteiger partial charge in [-0.05, 0) is 81.7 Å². The Labute approximate surface area is 355 Å². The molecule has 0 unspecified atom stereocenters. The van der Waals surface area contributed by atoms with Crippen molar-refractivity contribution in [2.24, 2.45) is 0 Å². The molecular weight excluding hydrogens is 841 g/mol. The molecule has 3 N–H and O–H groups in total. The second-order valence-corrected chi connectivity index (χ2v) is 16.0. The number of nitrogens with zero attached hydrogens (tertiary/aromatic N) is 5. The zero-order chi connectivity index (χ0) is 40.6. The van der Waals surface area contributed by atoms with Crippen LogP contribution in [0.5, 0.6) is 5.88 Å². The summed E-state index contributed by atoms with van der Waals surface area (Å²) in [5, 5.41) is 21.3. The number of alkyl halides is 4. The van der Waals surface area contributed by atoms with E-state index < -0.39 is 23.9 Å². The summed E-state index contributed by atoms with van der Waals surface area (Å²) in [4.78, 5) is 28.5. The largest absolute Gasteiger partial charge is 0.478 e. The van der Waals surface area contributed by atoms with E-state index in [9.17, 15) is 18.0 Å². The summed E-state index contributed by atoms with van der Waals surface area (Å²) in [5.74, 6) is 0.721. The molecule has 1 aromatic carbocycles. The summed E-state index contributed by atoms with van der Waals surface area (Å²) in [7, 11) is 1.84. The number of hydrogen-bond donors (Lipinski definition) is 3. The number of aliphatic hydroxyl groups excluding tert-OH is 2. The van der Waals surface area contributed by atoms with Crippen LogP contribution in [0.1, 0.15) is 56.9 Å². The quantitative estimate of drug-likeness (QED) is 0.155. The Balaban J connectivity index is 0.000000276. The first kappa shape index (κ1) is 48.0. The molecule has 3 atom stereocenters. The van der Waals surface area contributed by atoms with Gasteiger partial charge in [-0.2, -0.15) is 0 Å². The van der Waals surface area contributed by atoms with Gasteiger partial charge in [0.15, 0.2) is 0 Å². The molecule has 1 spiro atoms. The van der Waals surface area contributed by atoms with Gasteiger partial charge in [0, 0.05) is 113 Å². The SMILES string of the molecule is CN1C(=O)C2(CCOCC2)c2c1cnc1ccc(-c3ccc(OCCCN4CC[C@@H](F)C4)nc3)cc21.Cl.F[C@@H]1CCNC1.OCCCBr.OCCCN1CC[C@@H](F)C1. The number of aromatic nitrogens is 2. The van der Waals surface area contributed by atoms with Crippen LogP contribution in [0.4, 0.5) is 18.9 Å². The van der Waals surface area contributed by atoms with Crippen LogP contribution in [0.3, 0.4) is 0 Å². The number of aliphatic hydroxyl groups is 2. The molecule has 4 fully saturated rings. The zero-order valence-electron chi connectivity index (χ0n) is 33.6. The van der Waals surface area contributed by atoms with Crippen LogP contribution in [0.25, 0.3) is 22.0 Å². The van der Waals surface area contributed by atoms with Crippen molar-refractivity contribution in [3.05, 3.63) is 48.3 Å². The first-order valence-corrected chi connectivity index (χ1v) is 21.5. The molecule has 16 heteroatoms. The van der Waals surface area contributed by atoms with Crippen LogP contribution in [0.2, 0.25) is 0 Å². The Hall–Kier alpha value is -2.63. The summed E-state index contributed by atoms with van der Waals surface area (Å²) in [5.41, 5.74) is 4.32. The standard InChI is InChI=1S/C28H31FN4O3.C7H14FNO.C4H8FN.C3H7BrO.ClH/c1-32-24-17-30-23-5-3-19(15-22(23)26(24)28(27(32)34)8-13-35-14-9-28)20-4-6-25(31-16-20)36-12-2-10-33-11-7-21(29)18-33;8-7-2-4-9(6-7)3-1-5-10;5-4-1-2-6-3-4;4-2-1-3-5;/h3-6,15-17,21H,2,7-14,18H2,1H3;7,10H,1-6H2;4,6H,1-3H2;5H,1-3H2;1H/t21-;7-;4-;;/m111../s1. The molecule has 0 aliphatic carbocycles. The first-order chi connectivity index (χ1) is 27.7. The number of rotatable bonds is 11. The lowest BCUT2D eigenvalue weighted by Gasteiger charge is -2.32. The van der Waals surface area contributed by atoms with Crippen molar-refractivity contribution in [2.75, 3.05) is 103 Å². The highest BCUT2D eigenvalue weighted by atomic mass is 79.9.